The van der Waals surface area contributed by atoms with Crippen molar-refractivity contribution in [1.29, 1.82) is 0 Å². The van der Waals surface area contributed by atoms with Crippen LogP contribution in [0.1, 0.15) is 59.0 Å². The number of amides is 1. The summed E-state index contributed by atoms with van der Waals surface area (Å²) in [6.07, 6.45) is 1.52. The Labute approximate surface area is 232 Å². The van der Waals surface area contributed by atoms with Crippen molar-refractivity contribution in [2.45, 2.75) is 19.4 Å². The van der Waals surface area contributed by atoms with Gasteiger partial charge in [-0.3, -0.25) is 9.69 Å². The van der Waals surface area contributed by atoms with Crippen LogP contribution >= 0.6 is 0 Å². The summed E-state index contributed by atoms with van der Waals surface area (Å²) in [5.41, 5.74) is 3.79. The molecule has 1 atom stereocenters. The van der Waals surface area contributed by atoms with Crippen LogP contribution in [0, 0.1) is 5.92 Å². The van der Waals surface area contributed by atoms with Crippen LogP contribution in [0.3, 0.4) is 0 Å². The Morgan fingerprint density at radius 1 is 0.850 bits per heavy atom. The topological polar surface area (TPSA) is 122 Å². The maximum Gasteiger partial charge on any atom is 0.338 e. The van der Waals surface area contributed by atoms with Crippen molar-refractivity contribution >= 4 is 23.8 Å². The number of fused-ring (bicyclic) bond motifs is 1. The summed E-state index contributed by atoms with van der Waals surface area (Å²) in [6, 6.07) is 20.2. The molecule has 9 nitrogen and oxygen atoms in total. The number of carboxylic acids is 1. The van der Waals surface area contributed by atoms with Gasteiger partial charge < -0.3 is 19.9 Å². The lowest BCUT2D eigenvalue weighted by Gasteiger charge is -2.32. The third-order valence-electron chi connectivity index (χ3n) is 6.95. The van der Waals surface area contributed by atoms with Crippen molar-refractivity contribution in [2.75, 3.05) is 33.4 Å². The minimum absolute atomic E-state index is 0.0468. The molecule has 0 spiro atoms. The zero-order valence-corrected chi connectivity index (χ0v) is 22.3. The summed E-state index contributed by atoms with van der Waals surface area (Å²) >= 11 is 0. The molecule has 0 aliphatic carbocycles. The van der Waals surface area contributed by atoms with Crippen LogP contribution in [-0.4, -0.2) is 67.2 Å². The monoisotopic (exact) mass is 544 g/mol. The van der Waals surface area contributed by atoms with Gasteiger partial charge in [0.2, 0.25) is 0 Å². The van der Waals surface area contributed by atoms with Gasteiger partial charge in [0.15, 0.2) is 0 Å². The van der Waals surface area contributed by atoms with Crippen LogP contribution in [0.4, 0.5) is 0 Å². The van der Waals surface area contributed by atoms with Gasteiger partial charge >= 0.3 is 17.9 Å². The fraction of sp³-hybridized carbons (Fsp3) is 0.290. The molecule has 1 amide bonds. The number of ether oxygens (including phenoxy) is 2. The van der Waals surface area contributed by atoms with Gasteiger partial charge in [-0.2, -0.15) is 0 Å². The second-order valence-electron chi connectivity index (χ2n) is 9.71. The molecule has 0 fully saturated rings. The summed E-state index contributed by atoms with van der Waals surface area (Å²) in [6.45, 7) is 2.90. The Morgan fingerprint density at radius 2 is 1.45 bits per heavy atom. The van der Waals surface area contributed by atoms with Crippen LogP contribution < -0.4 is 5.32 Å². The smallest absolute Gasteiger partial charge is 0.338 e. The average molecular weight is 545 g/mol. The van der Waals surface area contributed by atoms with Gasteiger partial charge in [-0.05, 0) is 72.5 Å². The molecular weight excluding hydrogens is 512 g/mol. The molecule has 3 aromatic rings. The Bertz CT molecular complexity index is 1350. The molecule has 40 heavy (non-hydrogen) atoms. The number of aromatic carboxylic acids is 1. The number of hydrogen-bond donors (Lipinski definition) is 2. The first-order chi connectivity index (χ1) is 19.3. The molecule has 1 heterocycles. The van der Waals surface area contributed by atoms with E-state index in [-0.39, 0.29) is 29.6 Å². The van der Waals surface area contributed by atoms with E-state index in [1.165, 1.54) is 42.5 Å². The molecule has 4 rings (SSSR count). The molecule has 9 heteroatoms. The second-order valence-corrected chi connectivity index (χ2v) is 9.71. The van der Waals surface area contributed by atoms with Crippen LogP contribution in [0.15, 0.2) is 72.8 Å². The largest absolute Gasteiger partial charge is 0.478 e. The molecule has 0 bridgehead atoms. The lowest BCUT2D eigenvalue weighted by molar-refractivity contribution is 0.0390. The fourth-order valence-corrected chi connectivity index (χ4v) is 4.70. The van der Waals surface area contributed by atoms with Crippen LogP contribution in [0.2, 0.25) is 0 Å². The Balaban J connectivity index is 1.36. The van der Waals surface area contributed by atoms with Gasteiger partial charge in [-0.1, -0.05) is 24.3 Å². The highest BCUT2D eigenvalue weighted by atomic mass is 16.5. The predicted octanol–water partition coefficient (Wildman–Crippen LogP) is 3.82. The number of methoxy groups -OCH3 is 1. The number of rotatable bonds is 11. The van der Waals surface area contributed by atoms with Crippen molar-refractivity contribution in [3.8, 4) is 0 Å². The molecule has 0 saturated heterocycles. The maximum absolute atomic E-state index is 12.7. The quantitative estimate of drug-likeness (QED) is 0.350. The van der Waals surface area contributed by atoms with E-state index in [0.717, 1.165) is 19.5 Å². The van der Waals surface area contributed by atoms with E-state index in [1.54, 1.807) is 24.3 Å². The summed E-state index contributed by atoms with van der Waals surface area (Å²) in [7, 11) is 1.30. The standard InChI is InChI=1S/C31H32N2O7/c1-39-30(37)25-10-6-23(7-11-25)28(34)32-16-14-21(18-33-17-15-22-4-2-3-5-27(22)19-33)20-40-31(38)26-12-8-24(9-13-26)29(35)36/h2-13,21H,14-20H2,1H3,(H,32,34)(H,35,36). The van der Waals surface area contributed by atoms with Crippen molar-refractivity contribution in [1.82, 2.24) is 10.2 Å². The Hall–Kier alpha value is -4.50. The Morgan fingerprint density at radius 3 is 2.10 bits per heavy atom. The van der Waals surface area contributed by atoms with E-state index in [9.17, 15) is 19.2 Å². The normalized spacial score (nSPS) is 13.5. The maximum atomic E-state index is 12.7. The SMILES string of the molecule is COC(=O)c1ccc(C(=O)NCCC(COC(=O)c2ccc(C(=O)O)cc2)CN2CCc3ccccc3C2)cc1. The number of carboxylic acid groups (broad SMARTS) is 1. The number of carbonyl (C=O) groups excluding carboxylic acids is 3. The first kappa shape index (κ1) is 28.5. The van der Waals surface area contributed by atoms with Crippen LogP contribution in [0.5, 0.6) is 0 Å². The van der Waals surface area contributed by atoms with E-state index in [1.807, 2.05) is 12.1 Å². The molecule has 1 unspecified atom stereocenters. The molecule has 208 valence electrons. The summed E-state index contributed by atoms with van der Waals surface area (Å²) in [5, 5.41) is 12.0. The van der Waals surface area contributed by atoms with Gasteiger partial charge in [0.1, 0.15) is 0 Å². The van der Waals surface area contributed by atoms with E-state index in [4.69, 9.17) is 9.84 Å². The van der Waals surface area contributed by atoms with Gasteiger partial charge in [-0.25, -0.2) is 14.4 Å². The molecule has 0 saturated carbocycles. The second kappa shape index (κ2) is 13.5. The lowest BCUT2D eigenvalue weighted by atomic mass is 9.98. The summed E-state index contributed by atoms with van der Waals surface area (Å²) in [5.74, 6) is -2.38. The van der Waals surface area contributed by atoms with Crippen molar-refractivity contribution < 1.29 is 33.8 Å². The van der Waals surface area contributed by atoms with Gasteiger partial charge in [-0.15, -0.1) is 0 Å². The van der Waals surface area contributed by atoms with Crippen molar-refractivity contribution in [2.24, 2.45) is 5.92 Å². The molecule has 1 aliphatic rings. The lowest BCUT2D eigenvalue weighted by Crippen LogP contribution is -2.37. The third kappa shape index (κ3) is 7.54. The predicted molar refractivity (Wildman–Crippen MR) is 147 cm³/mol. The minimum atomic E-state index is -1.07. The number of benzene rings is 3. The van der Waals surface area contributed by atoms with Gasteiger partial charge in [0, 0.05) is 37.7 Å². The Kier molecular flexibility index (Phi) is 9.64. The fourth-order valence-electron chi connectivity index (χ4n) is 4.70. The average Bonchev–Trinajstić information content (AvgIpc) is 2.99. The van der Waals surface area contributed by atoms with E-state index in [2.05, 4.69) is 27.1 Å². The van der Waals surface area contributed by atoms with E-state index >= 15 is 0 Å². The number of nitrogens with zero attached hydrogens (tertiary/aromatic N) is 1. The summed E-state index contributed by atoms with van der Waals surface area (Å²) in [4.78, 5) is 50.4. The number of nitrogens with one attached hydrogen (secondary N) is 1. The molecule has 3 aromatic carbocycles. The van der Waals surface area contributed by atoms with Gasteiger partial charge in [0.05, 0.1) is 30.4 Å². The van der Waals surface area contributed by atoms with Crippen LogP contribution in [0.25, 0.3) is 0 Å². The number of esters is 2. The van der Waals surface area contributed by atoms with Crippen molar-refractivity contribution in [3.05, 3.63) is 106 Å². The van der Waals surface area contributed by atoms with Gasteiger partial charge in [0.25, 0.3) is 5.91 Å². The molecule has 0 radical (unpaired) electrons. The van der Waals surface area contributed by atoms with Crippen LogP contribution in [-0.2, 0) is 22.4 Å². The third-order valence-corrected chi connectivity index (χ3v) is 6.95. The summed E-state index contributed by atoms with van der Waals surface area (Å²) < 4.78 is 10.3. The molecule has 1 aliphatic heterocycles. The zero-order valence-electron chi connectivity index (χ0n) is 22.3. The zero-order chi connectivity index (χ0) is 28.5. The highest BCUT2D eigenvalue weighted by Gasteiger charge is 2.22. The van der Waals surface area contributed by atoms with E-state index < -0.39 is 17.9 Å². The number of carbonyl (C=O) groups is 4. The minimum Gasteiger partial charge on any atom is -0.478 e. The molecule has 0 aromatic heterocycles. The first-order valence-corrected chi connectivity index (χ1v) is 13.1. The molecule has 2 N–H and O–H groups in total. The first-order valence-electron chi connectivity index (χ1n) is 13.1. The molecular formula is C31H32N2O7. The number of hydrogen-bond acceptors (Lipinski definition) is 7. The van der Waals surface area contributed by atoms with Crippen molar-refractivity contribution in [3.63, 3.8) is 0 Å². The van der Waals surface area contributed by atoms with E-state index in [0.29, 0.717) is 30.6 Å². The highest BCUT2D eigenvalue weighted by molar-refractivity contribution is 5.96. The highest BCUT2D eigenvalue weighted by Crippen LogP contribution is 2.20.